The van der Waals surface area contributed by atoms with Gasteiger partial charge in [0.05, 0.1) is 25.1 Å². The average Bonchev–Trinajstić information content (AvgIpc) is 2.83. The highest BCUT2D eigenvalue weighted by atomic mass is 32.2. The van der Waals surface area contributed by atoms with E-state index in [2.05, 4.69) is 0 Å². The third kappa shape index (κ3) is 4.62. The molecular formula is C25H23FN2O3S. The van der Waals surface area contributed by atoms with Crippen LogP contribution in [0.5, 0.6) is 11.5 Å². The first-order valence-electron chi connectivity index (χ1n) is 10.2. The zero-order chi connectivity index (χ0) is 22.5. The Bertz CT molecular complexity index is 1310. The van der Waals surface area contributed by atoms with Gasteiger partial charge in [-0.05, 0) is 47.9 Å². The maximum absolute atomic E-state index is 14.1. The van der Waals surface area contributed by atoms with Crippen LogP contribution in [0.1, 0.15) is 11.1 Å². The highest BCUT2D eigenvalue weighted by molar-refractivity contribution is 7.98. The van der Waals surface area contributed by atoms with Crippen LogP contribution in [0.15, 0.2) is 76.7 Å². The molecule has 0 aliphatic rings. The van der Waals surface area contributed by atoms with Crippen molar-refractivity contribution in [3.8, 4) is 11.5 Å². The van der Waals surface area contributed by atoms with Gasteiger partial charge in [0.15, 0.2) is 16.7 Å². The molecule has 5 nitrogen and oxygen atoms in total. The Morgan fingerprint density at radius 1 is 0.969 bits per heavy atom. The van der Waals surface area contributed by atoms with Gasteiger partial charge in [0.2, 0.25) is 0 Å². The molecule has 7 heteroatoms. The lowest BCUT2D eigenvalue weighted by molar-refractivity contribution is 0.354. The van der Waals surface area contributed by atoms with Crippen molar-refractivity contribution in [3.63, 3.8) is 0 Å². The summed E-state index contributed by atoms with van der Waals surface area (Å²) in [4.78, 5) is 18.0. The first-order chi connectivity index (χ1) is 15.6. The molecule has 1 heterocycles. The van der Waals surface area contributed by atoms with Gasteiger partial charge in [0.1, 0.15) is 5.82 Å². The van der Waals surface area contributed by atoms with Crippen LogP contribution in [0.2, 0.25) is 0 Å². The smallest absolute Gasteiger partial charge is 0.262 e. The lowest BCUT2D eigenvalue weighted by atomic mass is 10.1. The van der Waals surface area contributed by atoms with E-state index in [4.69, 9.17) is 14.5 Å². The van der Waals surface area contributed by atoms with Crippen molar-refractivity contribution in [1.82, 2.24) is 9.55 Å². The molecule has 0 fully saturated rings. The number of benzene rings is 3. The Balaban J connectivity index is 1.66. The standard InChI is InChI=1S/C25H23FN2O3S/c1-30-22-12-11-17(15-23(22)31-2)13-14-28-24(29)19-8-4-6-10-21(19)27-25(28)32-16-18-7-3-5-9-20(18)26/h3-12,15H,13-14,16H2,1-2H3. The van der Waals surface area contributed by atoms with Crippen LogP contribution in [-0.2, 0) is 18.7 Å². The van der Waals surface area contributed by atoms with E-state index in [1.807, 2.05) is 36.4 Å². The molecule has 4 rings (SSSR count). The number of nitrogens with zero attached hydrogens (tertiary/aromatic N) is 2. The zero-order valence-electron chi connectivity index (χ0n) is 17.9. The number of para-hydroxylation sites is 1. The lowest BCUT2D eigenvalue weighted by Crippen LogP contribution is -2.24. The molecule has 164 valence electrons. The second-order valence-corrected chi connectivity index (χ2v) is 8.13. The molecule has 0 aliphatic carbocycles. The molecule has 32 heavy (non-hydrogen) atoms. The molecule has 0 aliphatic heterocycles. The number of methoxy groups -OCH3 is 2. The van der Waals surface area contributed by atoms with Crippen LogP contribution in [-0.4, -0.2) is 23.8 Å². The van der Waals surface area contributed by atoms with Crippen LogP contribution >= 0.6 is 11.8 Å². The van der Waals surface area contributed by atoms with Gasteiger partial charge >= 0.3 is 0 Å². The molecule has 0 radical (unpaired) electrons. The largest absolute Gasteiger partial charge is 0.493 e. The number of hydrogen-bond donors (Lipinski definition) is 0. The van der Waals surface area contributed by atoms with Crippen LogP contribution < -0.4 is 15.0 Å². The monoisotopic (exact) mass is 450 g/mol. The molecule has 4 aromatic rings. The van der Waals surface area contributed by atoms with Gasteiger partial charge in [-0.1, -0.05) is 48.2 Å². The highest BCUT2D eigenvalue weighted by Gasteiger charge is 2.13. The van der Waals surface area contributed by atoms with Gasteiger partial charge in [0, 0.05) is 12.3 Å². The predicted octanol–water partition coefficient (Wildman–Crippen LogP) is 5.09. The number of ether oxygens (including phenoxy) is 2. The van der Waals surface area contributed by atoms with E-state index in [1.165, 1.54) is 17.8 Å². The Labute approximate surface area is 189 Å². The van der Waals surface area contributed by atoms with Crippen molar-refractivity contribution in [1.29, 1.82) is 0 Å². The minimum absolute atomic E-state index is 0.105. The number of halogens is 1. The number of thioether (sulfide) groups is 1. The Kier molecular flexibility index (Phi) is 6.75. The SMILES string of the molecule is COc1ccc(CCn2c(SCc3ccccc3F)nc3ccccc3c2=O)cc1OC. The predicted molar refractivity (Wildman–Crippen MR) is 125 cm³/mol. The number of rotatable bonds is 8. The maximum Gasteiger partial charge on any atom is 0.262 e. The van der Waals surface area contributed by atoms with Crippen LogP contribution in [0.3, 0.4) is 0 Å². The number of aryl methyl sites for hydroxylation is 1. The molecule has 0 N–H and O–H groups in total. The zero-order valence-corrected chi connectivity index (χ0v) is 18.7. The van der Waals surface area contributed by atoms with E-state index in [9.17, 15) is 9.18 Å². The first-order valence-corrected chi connectivity index (χ1v) is 11.2. The van der Waals surface area contributed by atoms with Crippen LogP contribution in [0, 0.1) is 5.82 Å². The maximum atomic E-state index is 14.1. The summed E-state index contributed by atoms with van der Waals surface area (Å²) in [5, 5.41) is 1.13. The van der Waals surface area contributed by atoms with Crippen LogP contribution in [0.4, 0.5) is 4.39 Å². The summed E-state index contributed by atoms with van der Waals surface area (Å²) in [5.74, 6) is 1.42. The quantitative estimate of drug-likeness (QED) is 0.277. The molecule has 0 amide bonds. The lowest BCUT2D eigenvalue weighted by Gasteiger charge is -2.14. The molecule has 3 aromatic carbocycles. The normalized spacial score (nSPS) is 11.0. The van der Waals surface area contributed by atoms with Gasteiger partial charge in [-0.25, -0.2) is 9.37 Å². The third-order valence-corrected chi connectivity index (χ3v) is 6.24. The molecule has 0 bridgehead atoms. The van der Waals surface area contributed by atoms with Gasteiger partial charge in [-0.15, -0.1) is 0 Å². The van der Waals surface area contributed by atoms with Gasteiger partial charge in [0.25, 0.3) is 5.56 Å². The Morgan fingerprint density at radius 3 is 2.50 bits per heavy atom. The van der Waals surface area contributed by atoms with Crippen LogP contribution in [0.25, 0.3) is 10.9 Å². The number of hydrogen-bond acceptors (Lipinski definition) is 5. The van der Waals surface area contributed by atoms with E-state index in [0.717, 1.165) is 5.56 Å². The molecule has 0 saturated carbocycles. The van der Waals surface area contributed by atoms with Crippen molar-refractivity contribution < 1.29 is 13.9 Å². The van der Waals surface area contributed by atoms with E-state index < -0.39 is 0 Å². The summed E-state index contributed by atoms with van der Waals surface area (Å²) >= 11 is 1.36. The van der Waals surface area contributed by atoms with E-state index in [1.54, 1.807) is 43.1 Å². The number of aromatic nitrogens is 2. The topological polar surface area (TPSA) is 53.4 Å². The van der Waals surface area contributed by atoms with Crippen molar-refractivity contribution >= 4 is 22.7 Å². The second kappa shape index (κ2) is 9.87. The average molecular weight is 451 g/mol. The summed E-state index contributed by atoms with van der Waals surface area (Å²) in [5.41, 5.74) is 2.11. The first kappa shape index (κ1) is 21.9. The highest BCUT2D eigenvalue weighted by Crippen LogP contribution is 2.28. The Hall–Kier alpha value is -3.32. The second-order valence-electron chi connectivity index (χ2n) is 7.19. The van der Waals surface area contributed by atoms with E-state index in [0.29, 0.717) is 51.8 Å². The summed E-state index contributed by atoms with van der Waals surface area (Å²) in [6.45, 7) is 0.436. The third-order valence-electron chi connectivity index (χ3n) is 5.21. The van der Waals surface area contributed by atoms with Crippen molar-refractivity contribution in [2.45, 2.75) is 23.9 Å². The fourth-order valence-electron chi connectivity index (χ4n) is 3.49. The molecule has 0 saturated heterocycles. The van der Waals surface area contributed by atoms with Crippen molar-refractivity contribution in [2.24, 2.45) is 0 Å². The molecule has 0 unspecified atom stereocenters. The van der Waals surface area contributed by atoms with E-state index in [-0.39, 0.29) is 11.4 Å². The van der Waals surface area contributed by atoms with Crippen molar-refractivity contribution in [2.75, 3.05) is 14.2 Å². The summed E-state index contributed by atoms with van der Waals surface area (Å²) in [7, 11) is 3.19. The van der Waals surface area contributed by atoms with Crippen molar-refractivity contribution in [3.05, 3.63) is 94.0 Å². The molecule has 1 aromatic heterocycles. The fourth-order valence-corrected chi connectivity index (χ4v) is 4.50. The minimum Gasteiger partial charge on any atom is -0.493 e. The van der Waals surface area contributed by atoms with Gasteiger partial charge in [-0.3, -0.25) is 9.36 Å². The summed E-state index contributed by atoms with van der Waals surface area (Å²) < 4.78 is 26.5. The fraction of sp³-hybridized carbons (Fsp3) is 0.200. The molecule has 0 atom stereocenters. The Morgan fingerprint density at radius 2 is 1.72 bits per heavy atom. The van der Waals surface area contributed by atoms with Gasteiger partial charge < -0.3 is 9.47 Å². The van der Waals surface area contributed by atoms with Gasteiger partial charge in [-0.2, -0.15) is 0 Å². The molecular weight excluding hydrogens is 427 g/mol. The minimum atomic E-state index is -0.264. The molecule has 0 spiro atoms. The van der Waals surface area contributed by atoms with E-state index >= 15 is 0 Å². The summed E-state index contributed by atoms with van der Waals surface area (Å²) in [6, 6.07) is 19.6. The summed E-state index contributed by atoms with van der Waals surface area (Å²) in [6.07, 6.45) is 0.605. The number of fused-ring (bicyclic) bond motifs is 1.